The van der Waals surface area contributed by atoms with Crippen molar-refractivity contribution in [2.75, 3.05) is 43.5 Å². The van der Waals surface area contributed by atoms with Crippen LogP contribution in [0.4, 0.5) is 5.69 Å². The zero-order valence-corrected chi connectivity index (χ0v) is 18.1. The molecule has 2 N–H and O–H groups in total. The molecular formula is C23H32ClN3O2. The van der Waals surface area contributed by atoms with Gasteiger partial charge in [0.1, 0.15) is 0 Å². The minimum Gasteiger partial charge on any atom is -0.391 e. The highest BCUT2D eigenvalue weighted by Gasteiger charge is 2.32. The number of hydrogen-bond donors (Lipinski definition) is 2. The van der Waals surface area contributed by atoms with Crippen LogP contribution in [0.1, 0.15) is 20.3 Å². The Morgan fingerprint density at radius 1 is 1.10 bits per heavy atom. The molecule has 0 saturated carbocycles. The molecule has 1 fully saturated rings. The fourth-order valence-electron chi connectivity index (χ4n) is 4.08. The van der Waals surface area contributed by atoms with Gasteiger partial charge < -0.3 is 15.3 Å². The van der Waals surface area contributed by atoms with Crippen LogP contribution >= 0.6 is 11.6 Å². The van der Waals surface area contributed by atoms with Gasteiger partial charge in [-0.1, -0.05) is 43.3 Å². The fraction of sp³-hybridized carbons (Fsp3) is 0.522. The zero-order chi connectivity index (χ0) is 20.8. The van der Waals surface area contributed by atoms with Crippen LogP contribution in [-0.2, 0) is 4.79 Å². The second-order valence-corrected chi connectivity index (χ2v) is 8.25. The molecule has 5 nitrogen and oxygen atoms in total. The maximum absolute atomic E-state index is 12.3. The second kappa shape index (κ2) is 10.3. The predicted molar refractivity (Wildman–Crippen MR) is 121 cm³/mol. The first-order valence-corrected chi connectivity index (χ1v) is 11.0. The summed E-state index contributed by atoms with van der Waals surface area (Å²) in [4.78, 5) is 17.0. The third kappa shape index (κ3) is 5.21. The van der Waals surface area contributed by atoms with E-state index < -0.39 is 12.0 Å². The first kappa shape index (κ1) is 21.9. The van der Waals surface area contributed by atoms with Crippen LogP contribution in [0.2, 0.25) is 0 Å². The standard InChI is InChI=1S/C23H32ClN3O2/c1-17(23(29)25-12-6-11-24)22(28)18(2)26-13-15-27(16-14-26)21-10-5-8-19-7-3-4-9-20(19)21/h3-5,7-10,17-18,22,28H,6,11-16H2,1-2H3,(H,25,29)/t17-,18?,22-/m1/s1. The summed E-state index contributed by atoms with van der Waals surface area (Å²) in [6, 6.07) is 14.8. The lowest BCUT2D eigenvalue weighted by atomic mass is 9.96. The number of nitrogens with zero attached hydrogens (tertiary/aromatic N) is 2. The van der Waals surface area contributed by atoms with Gasteiger partial charge in [-0.3, -0.25) is 9.69 Å². The first-order chi connectivity index (χ1) is 14.0. The number of aliphatic hydroxyl groups excluding tert-OH is 1. The minimum atomic E-state index is -0.699. The molecule has 29 heavy (non-hydrogen) atoms. The lowest BCUT2D eigenvalue weighted by Crippen LogP contribution is -2.55. The van der Waals surface area contributed by atoms with Gasteiger partial charge in [-0.05, 0) is 24.8 Å². The Morgan fingerprint density at radius 2 is 1.79 bits per heavy atom. The van der Waals surface area contributed by atoms with E-state index in [-0.39, 0.29) is 11.9 Å². The molecule has 3 rings (SSSR count). The number of carbonyl (C=O) groups is 1. The SMILES string of the molecule is CC([C@H](O)[C@@H](C)C(=O)NCCCCl)N1CCN(c2cccc3ccccc23)CC1. The summed E-state index contributed by atoms with van der Waals surface area (Å²) in [5.41, 5.74) is 1.27. The van der Waals surface area contributed by atoms with Crippen molar-refractivity contribution in [1.29, 1.82) is 0 Å². The van der Waals surface area contributed by atoms with Crippen molar-refractivity contribution in [1.82, 2.24) is 10.2 Å². The Labute approximate surface area is 178 Å². The Balaban J connectivity index is 1.57. The number of benzene rings is 2. The van der Waals surface area contributed by atoms with E-state index in [1.807, 2.05) is 6.92 Å². The molecule has 1 amide bonds. The van der Waals surface area contributed by atoms with Gasteiger partial charge in [0, 0.05) is 55.7 Å². The molecule has 0 aliphatic carbocycles. The maximum Gasteiger partial charge on any atom is 0.225 e. The monoisotopic (exact) mass is 417 g/mol. The van der Waals surface area contributed by atoms with Crippen molar-refractivity contribution >= 4 is 34.0 Å². The largest absolute Gasteiger partial charge is 0.391 e. The third-order valence-electron chi connectivity index (χ3n) is 6.03. The van der Waals surface area contributed by atoms with Crippen molar-refractivity contribution in [3.8, 4) is 0 Å². The van der Waals surface area contributed by atoms with E-state index in [0.29, 0.717) is 12.4 Å². The number of aliphatic hydroxyl groups is 1. The number of amides is 1. The van der Waals surface area contributed by atoms with Crippen molar-refractivity contribution in [3.63, 3.8) is 0 Å². The number of fused-ring (bicyclic) bond motifs is 1. The highest BCUT2D eigenvalue weighted by Crippen LogP contribution is 2.28. The van der Waals surface area contributed by atoms with Gasteiger partial charge >= 0.3 is 0 Å². The molecule has 1 unspecified atom stereocenters. The average molecular weight is 418 g/mol. The van der Waals surface area contributed by atoms with Crippen molar-refractivity contribution in [3.05, 3.63) is 42.5 Å². The van der Waals surface area contributed by atoms with Gasteiger partial charge in [0.05, 0.1) is 12.0 Å². The summed E-state index contributed by atoms with van der Waals surface area (Å²) in [6.45, 7) is 7.90. The summed E-state index contributed by atoms with van der Waals surface area (Å²) in [7, 11) is 0. The summed E-state index contributed by atoms with van der Waals surface area (Å²) in [5, 5.41) is 16.1. The van der Waals surface area contributed by atoms with Crippen LogP contribution in [0, 0.1) is 5.92 Å². The Morgan fingerprint density at radius 3 is 2.52 bits per heavy atom. The van der Waals surface area contributed by atoms with Crippen molar-refractivity contribution in [2.24, 2.45) is 5.92 Å². The van der Waals surface area contributed by atoms with E-state index in [9.17, 15) is 9.90 Å². The summed E-state index contributed by atoms with van der Waals surface area (Å²) in [6.07, 6.45) is 0.0389. The molecule has 2 aromatic carbocycles. The number of anilines is 1. The number of piperazine rings is 1. The number of carbonyl (C=O) groups excluding carboxylic acids is 1. The highest BCUT2D eigenvalue weighted by molar-refractivity contribution is 6.17. The van der Waals surface area contributed by atoms with Gasteiger partial charge in [0.15, 0.2) is 0 Å². The maximum atomic E-state index is 12.3. The molecule has 0 aromatic heterocycles. The molecule has 158 valence electrons. The molecule has 2 aromatic rings. The van der Waals surface area contributed by atoms with Crippen molar-refractivity contribution < 1.29 is 9.90 Å². The van der Waals surface area contributed by atoms with Crippen molar-refractivity contribution in [2.45, 2.75) is 32.4 Å². The number of nitrogens with one attached hydrogen (secondary N) is 1. The first-order valence-electron chi connectivity index (χ1n) is 10.5. The smallest absolute Gasteiger partial charge is 0.225 e. The third-order valence-corrected chi connectivity index (χ3v) is 6.29. The van der Waals surface area contributed by atoms with Gasteiger partial charge in [0.2, 0.25) is 5.91 Å². The van der Waals surface area contributed by atoms with E-state index in [1.54, 1.807) is 6.92 Å². The molecule has 6 heteroatoms. The molecule has 1 aliphatic heterocycles. The normalized spacial score (nSPS) is 18.4. The molecule has 0 radical (unpaired) electrons. The topological polar surface area (TPSA) is 55.8 Å². The molecule has 1 saturated heterocycles. The van der Waals surface area contributed by atoms with E-state index >= 15 is 0 Å². The van der Waals surface area contributed by atoms with Crippen LogP contribution in [-0.4, -0.2) is 66.7 Å². The average Bonchev–Trinajstić information content (AvgIpc) is 2.77. The van der Waals surface area contributed by atoms with Gasteiger partial charge in [-0.25, -0.2) is 0 Å². The van der Waals surface area contributed by atoms with Crippen LogP contribution in [0.5, 0.6) is 0 Å². The summed E-state index contributed by atoms with van der Waals surface area (Å²) >= 11 is 5.66. The number of hydrogen-bond acceptors (Lipinski definition) is 4. The van der Waals surface area contributed by atoms with Gasteiger partial charge in [-0.2, -0.15) is 0 Å². The number of alkyl halides is 1. The summed E-state index contributed by atoms with van der Waals surface area (Å²) < 4.78 is 0. The Hall–Kier alpha value is -1.82. The Bertz CT molecular complexity index is 802. The quantitative estimate of drug-likeness (QED) is 0.512. The predicted octanol–water partition coefficient (Wildman–Crippen LogP) is 3.09. The fourth-order valence-corrected chi connectivity index (χ4v) is 4.22. The van der Waals surface area contributed by atoms with Crippen LogP contribution in [0.15, 0.2) is 42.5 Å². The van der Waals surface area contributed by atoms with Gasteiger partial charge in [-0.15, -0.1) is 11.6 Å². The highest BCUT2D eigenvalue weighted by atomic mass is 35.5. The molecule has 3 atom stereocenters. The van der Waals surface area contributed by atoms with E-state index in [0.717, 1.165) is 32.6 Å². The second-order valence-electron chi connectivity index (χ2n) is 7.87. The molecule has 1 heterocycles. The zero-order valence-electron chi connectivity index (χ0n) is 17.4. The lowest BCUT2D eigenvalue weighted by Gasteiger charge is -2.41. The van der Waals surface area contributed by atoms with E-state index in [2.05, 4.69) is 57.6 Å². The van der Waals surface area contributed by atoms with Crippen LogP contribution in [0.25, 0.3) is 10.8 Å². The van der Waals surface area contributed by atoms with Gasteiger partial charge in [0.25, 0.3) is 0 Å². The Kier molecular flexibility index (Phi) is 7.76. The molecular weight excluding hydrogens is 386 g/mol. The minimum absolute atomic E-state index is 0.0709. The molecule has 1 aliphatic rings. The van der Waals surface area contributed by atoms with E-state index in [4.69, 9.17) is 11.6 Å². The number of rotatable bonds is 8. The summed E-state index contributed by atoms with van der Waals surface area (Å²) in [5.74, 6) is -0.0329. The molecule has 0 spiro atoms. The molecule has 0 bridgehead atoms. The van der Waals surface area contributed by atoms with Crippen LogP contribution in [0.3, 0.4) is 0 Å². The van der Waals surface area contributed by atoms with E-state index in [1.165, 1.54) is 16.5 Å². The number of halogens is 1. The lowest BCUT2D eigenvalue weighted by molar-refractivity contribution is -0.129. The van der Waals surface area contributed by atoms with Crippen LogP contribution < -0.4 is 10.2 Å².